The van der Waals surface area contributed by atoms with Crippen molar-refractivity contribution in [2.24, 2.45) is 0 Å². The summed E-state index contributed by atoms with van der Waals surface area (Å²) >= 11 is 5.98. The van der Waals surface area contributed by atoms with Crippen LogP contribution < -0.4 is 0 Å². The summed E-state index contributed by atoms with van der Waals surface area (Å²) in [6, 6.07) is 10.5. The van der Waals surface area contributed by atoms with Crippen LogP contribution in [0.4, 0.5) is 0 Å². The van der Waals surface area contributed by atoms with E-state index in [0.29, 0.717) is 5.56 Å². The Kier molecular flexibility index (Phi) is 3.23. The zero-order valence-electron chi connectivity index (χ0n) is 6.50. The molecule has 0 N–H and O–H groups in total. The van der Waals surface area contributed by atoms with Crippen LogP contribution in [0.1, 0.15) is 10.4 Å². The fourth-order valence-electron chi connectivity index (χ4n) is 0.822. The number of halogens is 2. The maximum atomic E-state index is 11.6. The van der Waals surface area contributed by atoms with Gasteiger partial charge in [0, 0.05) is 5.56 Å². The Morgan fingerprint density at radius 1 is 1.31 bits per heavy atom. The van der Waals surface area contributed by atoms with E-state index >= 15 is 0 Å². The molecule has 4 heteroatoms. The first kappa shape index (κ1) is 10.4. The summed E-state index contributed by atoms with van der Waals surface area (Å²) in [5.41, 5.74) is 0.498. The van der Waals surface area contributed by atoms with Gasteiger partial charge in [-0.3, -0.25) is 4.79 Å². The van der Waals surface area contributed by atoms with E-state index in [2.05, 4.69) is 31.9 Å². The van der Waals surface area contributed by atoms with E-state index in [0.717, 1.165) is 0 Å². The number of nitriles is 1. The summed E-state index contributed by atoms with van der Waals surface area (Å²) in [6.45, 7) is 0. The second-order valence-corrected chi connectivity index (χ2v) is 5.82. The number of nitrogens with zero attached hydrogens (tertiary/aromatic N) is 1. The minimum absolute atomic E-state index is 0.296. The van der Waals surface area contributed by atoms with Crippen molar-refractivity contribution < 1.29 is 4.79 Å². The third kappa shape index (κ3) is 2.39. The largest absolute Gasteiger partial charge is 0.290 e. The molecule has 1 aromatic rings. The van der Waals surface area contributed by atoms with Gasteiger partial charge >= 0.3 is 0 Å². The summed E-state index contributed by atoms with van der Waals surface area (Å²) in [4.78, 5) is 11.6. The Hall–Kier alpha value is -0.660. The van der Waals surface area contributed by atoms with Gasteiger partial charge in [-0.05, 0) is 31.9 Å². The predicted octanol–water partition coefficient (Wildman–Crippen LogP) is 2.88. The van der Waals surface area contributed by atoms with Crippen molar-refractivity contribution >= 4 is 37.6 Å². The van der Waals surface area contributed by atoms with Crippen molar-refractivity contribution in [2.45, 2.75) is 3.23 Å². The lowest BCUT2D eigenvalue weighted by Gasteiger charge is -2.08. The number of carbonyl (C=O) groups is 1. The minimum Gasteiger partial charge on any atom is -0.290 e. The molecular weight excluding hydrogens is 298 g/mol. The van der Waals surface area contributed by atoms with E-state index in [4.69, 9.17) is 5.26 Å². The molecule has 0 aliphatic rings. The highest BCUT2D eigenvalue weighted by Crippen LogP contribution is 2.29. The van der Waals surface area contributed by atoms with Gasteiger partial charge in [0.1, 0.15) is 6.07 Å². The van der Waals surface area contributed by atoms with Crippen LogP contribution in [0.2, 0.25) is 0 Å². The first-order valence-corrected chi connectivity index (χ1v) is 5.05. The summed E-state index contributed by atoms with van der Waals surface area (Å²) in [6.07, 6.45) is 0. The topological polar surface area (TPSA) is 40.9 Å². The molecule has 0 radical (unpaired) electrons. The van der Waals surface area contributed by atoms with Crippen LogP contribution in [0, 0.1) is 11.3 Å². The van der Waals surface area contributed by atoms with Crippen molar-refractivity contribution in [1.82, 2.24) is 0 Å². The SMILES string of the molecule is N#CC(Br)(Br)C(=O)c1ccccc1. The Morgan fingerprint density at radius 3 is 2.31 bits per heavy atom. The fourth-order valence-corrected chi connectivity index (χ4v) is 1.28. The molecule has 2 nitrogen and oxygen atoms in total. The highest BCUT2D eigenvalue weighted by atomic mass is 79.9. The molecule has 0 atom stereocenters. The third-order valence-corrected chi connectivity index (χ3v) is 2.54. The number of ketones is 1. The molecule has 66 valence electrons. The average Bonchev–Trinajstić information content (AvgIpc) is 2.18. The normalized spacial score (nSPS) is 10.5. The van der Waals surface area contributed by atoms with Crippen molar-refractivity contribution in [1.29, 1.82) is 5.26 Å². The zero-order valence-corrected chi connectivity index (χ0v) is 9.67. The van der Waals surface area contributed by atoms with Gasteiger partial charge in [0.05, 0.1) is 0 Å². The number of Topliss-reactive ketones (excluding diaryl/α,β-unsaturated/α-hetero) is 1. The molecule has 0 aromatic heterocycles. The first-order chi connectivity index (χ1) is 6.08. The number of carbonyl (C=O) groups excluding carboxylic acids is 1. The van der Waals surface area contributed by atoms with Crippen molar-refractivity contribution in [3.63, 3.8) is 0 Å². The number of rotatable bonds is 2. The molecule has 0 fully saturated rings. The van der Waals surface area contributed by atoms with Crippen LogP contribution >= 0.6 is 31.9 Å². The molecule has 0 aliphatic heterocycles. The molecule has 0 heterocycles. The van der Waals surface area contributed by atoms with E-state index in [9.17, 15) is 4.79 Å². The van der Waals surface area contributed by atoms with Crippen LogP contribution in [0.5, 0.6) is 0 Å². The monoisotopic (exact) mass is 301 g/mol. The van der Waals surface area contributed by atoms with Crippen LogP contribution in [0.3, 0.4) is 0 Å². The Labute approximate surface area is 92.8 Å². The summed E-state index contributed by atoms with van der Waals surface area (Å²) < 4.78 is -1.30. The average molecular weight is 303 g/mol. The second kappa shape index (κ2) is 4.03. The summed E-state index contributed by atoms with van der Waals surface area (Å²) in [5, 5.41) is 8.66. The van der Waals surface area contributed by atoms with Crippen molar-refractivity contribution in [3.8, 4) is 6.07 Å². The third-order valence-electron chi connectivity index (χ3n) is 1.46. The van der Waals surface area contributed by atoms with Gasteiger partial charge in [0.2, 0.25) is 9.02 Å². The van der Waals surface area contributed by atoms with Gasteiger partial charge in [0.15, 0.2) is 0 Å². The molecule has 0 spiro atoms. The van der Waals surface area contributed by atoms with Crippen LogP contribution in [0.25, 0.3) is 0 Å². The maximum Gasteiger partial charge on any atom is 0.228 e. The lowest BCUT2D eigenvalue weighted by atomic mass is 10.1. The smallest absolute Gasteiger partial charge is 0.228 e. The molecule has 0 unspecified atom stereocenters. The Morgan fingerprint density at radius 2 is 1.85 bits per heavy atom. The number of benzene rings is 1. The molecule has 0 saturated heterocycles. The van der Waals surface area contributed by atoms with Gasteiger partial charge in [-0.15, -0.1) is 0 Å². The van der Waals surface area contributed by atoms with E-state index in [1.54, 1.807) is 24.3 Å². The molecule has 0 saturated carbocycles. The molecule has 0 amide bonds. The lowest BCUT2D eigenvalue weighted by Crippen LogP contribution is -2.22. The zero-order chi connectivity index (χ0) is 9.90. The molecule has 0 bridgehead atoms. The van der Waals surface area contributed by atoms with E-state index in [-0.39, 0.29) is 5.78 Å². The van der Waals surface area contributed by atoms with E-state index < -0.39 is 3.23 Å². The highest BCUT2D eigenvalue weighted by molar-refractivity contribution is 9.26. The summed E-state index contributed by atoms with van der Waals surface area (Å²) in [5.74, 6) is -0.296. The molecule has 0 aliphatic carbocycles. The first-order valence-electron chi connectivity index (χ1n) is 3.47. The number of hydrogen-bond donors (Lipinski definition) is 0. The number of hydrogen-bond acceptors (Lipinski definition) is 2. The molecule has 1 rings (SSSR count). The van der Waals surface area contributed by atoms with Gasteiger partial charge in [-0.1, -0.05) is 30.3 Å². The van der Waals surface area contributed by atoms with E-state index in [1.165, 1.54) is 0 Å². The predicted molar refractivity (Wildman–Crippen MR) is 57.0 cm³/mol. The van der Waals surface area contributed by atoms with Crippen molar-refractivity contribution in [2.75, 3.05) is 0 Å². The maximum absolute atomic E-state index is 11.6. The Bertz CT molecular complexity index is 354. The van der Waals surface area contributed by atoms with Crippen LogP contribution in [0.15, 0.2) is 30.3 Å². The van der Waals surface area contributed by atoms with Crippen molar-refractivity contribution in [3.05, 3.63) is 35.9 Å². The minimum atomic E-state index is -1.30. The van der Waals surface area contributed by atoms with Gasteiger partial charge in [0.25, 0.3) is 0 Å². The summed E-state index contributed by atoms with van der Waals surface area (Å²) in [7, 11) is 0. The molecule has 13 heavy (non-hydrogen) atoms. The quantitative estimate of drug-likeness (QED) is 0.622. The standard InChI is InChI=1S/C9H5Br2NO/c10-9(11,6-12)8(13)7-4-2-1-3-5-7/h1-5H. The Balaban J connectivity index is 3.01. The van der Waals surface area contributed by atoms with Gasteiger partial charge in [-0.2, -0.15) is 5.26 Å². The lowest BCUT2D eigenvalue weighted by molar-refractivity contribution is 0.0997. The highest BCUT2D eigenvalue weighted by Gasteiger charge is 2.32. The van der Waals surface area contributed by atoms with E-state index in [1.807, 2.05) is 12.1 Å². The number of alkyl halides is 2. The van der Waals surface area contributed by atoms with Crippen LogP contribution in [-0.4, -0.2) is 9.02 Å². The second-order valence-electron chi connectivity index (χ2n) is 2.38. The molecule has 1 aromatic carbocycles. The van der Waals surface area contributed by atoms with Gasteiger partial charge < -0.3 is 0 Å². The van der Waals surface area contributed by atoms with Crippen LogP contribution in [-0.2, 0) is 0 Å². The molecular formula is C9H5Br2NO. The fraction of sp³-hybridized carbons (Fsp3) is 0.111. The van der Waals surface area contributed by atoms with Gasteiger partial charge in [-0.25, -0.2) is 0 Å².